The molecule has 290 valence electrons. The maximum atomic E-state index is 12.6. The van der Waals surface area contributed by atoms with Crippen molar-refractivity contribution in [2.24, 2.45) is 0 Å². The summed E-state index contributed by atoms with van der Waals surface area (Å²) in [4.78, 5) is 57.7. The number of carbonyl (C=O) groups is 4. The van der Waals surface area contributed by atoms with Crippen LogP contribution in [-0.4, -0.2) is 153 Å². The quantitative estimate of drug-likeness (QED) is 0.139. The van der Waals surface area contributed by atoms with E-state index in [1.165, 1.54) is 0 Å². The van der Waals surface area contributed by atoms with Crippen LogP contribution in [0.2, 0.25) is 0 Å². The second kappa shape index (κ2) is 23.8. The molecule has 0 saturated heterocycles. The van der Waals surface area contributed by atoms with Crippen molar-refractivity contribution in [1.82, 2.24) is 40.9 Å². The smallest absolute Gasteiger partial charge is 0.406 e. The summed E-state index contributed by atoms with van der Waals surface area (Å²) in [5.74, 6) is 0.519. The van der Waals surface area contributed by atoms with Crippen molar-refractivity contribution >= 4 is 24.4 Å². The number of aryl methyl sites for hydroxylation is 2. The Kier molecular flexibility index (Phi) is 19.9. The molecule has 4 amide bonds. The van der Waals surface area contributed by atoms with Gasteiger partial charge in [-0.1, -0.05) is 12.1 Å². The normalized spacial score (nSPS) is 11.1. The lowest BCUT2D eigenvalue weighted by Gasteiger charge is -2.15. The third-order valence-corrected chi connectivity index (χ3v) is 7.32. The van der Waals surface area contributed by atoms with Crippen LogP contribution in [0.4, 0.5) is 19.2 Å². The number of nitrogens with one attached hydrogen (secondary N) is 4. The van der Waals surface area contributed by atoms with Crippen molar-refractivity contribution in [3.8, 4) is 23.0 Å². The van der Waals surface area contributed by atoms with Gasteiger partial charge in [0.15, 0.2) is 23.0 Å². The van der Waals surface area contributed by atoms with Gasteiger partial charge in [-0.25, -0.2) is 19.2 Å². The molecule has 2 aromatic carbocycles. The van der Waals surface area contributed by atoms with Crippen LogP contribution in [0.1, 0.15) is 24.0 Å². The van der Waals surface area contributed by atoms with Crippen LogP contribution < -0.4 is 40.2 Å². The molecule has 0 radical (unpaired) electrons. The summed E-state index contributed by atoms with van der Waals surface area (Å²) >= 11 is 0. The largest absolute Gasteiger partial charge is 0.412 e. The number of amides is 4. The molecule has 0 bridgehead atoms. The molecular weight excluding hydrogens is 672 g/mol. The molecule has 16 heteroatoms. The van der Waals surface area contributed by atoms with E-state index in [2.05, 4.69) is 21.3 Å². The van der Waals surface area contributed by atoms with Gasteiger partial charge < -0.3 is 59.8 Å². The van der Waals surface area contributed by atoms with E-state index in [-0.39, 0.29) is 23.0 Å². The molecule has 0 unspecified atom stereocenters. The van der Waals surface area contributed by atoms with E-state index in [4.69, 9.17) is 18.9 Å². The Morgan fingerprint density at radius 2 is 0.712 bits per heavy atom. The van der Waals surface area contributed by atoms with Gasteiger partial charge in [0, 0.05) is 52.4 Å². The number of hydrogen-bond donors (Lipinski definition) is 4. The molecule has 0 aliphatic rings. The molecule has 0 aliphatic heterocycles. The highest BCUT2D eigenvalue weighted by molar-refractivity contribution is 5.75. The lowest BCUT2D eigenvalue weighted by atomic mass is 10.0. The maximum Gasteiger partial charge on any atom is 0.412 e. The number of hydrogen-bond acceptors (Lipinski definition) is 12. The van der Waals surface area contributed by atoms with Crippen LogP contribution in [0.15, 0.2) is 36.4 Å². The molecule has 0 aliphatic carbocycles. The van der Waals surface area contributed by atoms with E-state index in [9.17, 15) is 19.2 Å². The highest BCUT2D eigenvalue weighted by atomic mass is 16.6. The summed E-state index contributed by atoms with van der Waals surface area (Å²) in [5.41, 5.74) is 1.78. The Hall–Kier alpha value is -4.64. The second-order valence-electron chi connectivity index (χ2n) is 13.2. The first-order chi connectivity index (χ1) is 24.7. The van der Waals surface area contributed by atoms with Crippen LogP contribution in [0.3, 0.4) is 0 Å². The summed E-state index contributed by atoms with van der Waals surface area (Å²) in [6.07, 6.45) is 0.242. The van der Waals surface area contributed by atoms with Gasteiger partial charge in [-0.3, -0.25) is 0 Å². The zero-order valence-electron chi connectivity index (χ0n) is 32.0. The number of benzene rings is 2. The molecule has 2 aromatic rings. The first kappa shape index (κ1) is 43.5. The predicted molar refractivity (Wildman–Crippen MR) is 200 cm³/mol. The average molecular weight is 731 g/mol. The van der Waals surface area contributed by atoms with E-state index in [0.29, 0.717) is 65.2 Å². The number of rotatable bonds is 21. The number of unbranched alkanes of at least 4 members (excludes halogenated alkanes) is 1. The third kappa shape index (κ3) is 19.1. The molecule has 16 nitrogen and oxygen atoms in total. The highest BCUT2D eigenvalue weighted by Gasteiger charge is 2.17. The lowest BCUT2D eigenvalue weighted by Crippen LogP contribution is -2.34. The fourth-order valence-corrected chi connectivity index (χ4v) is 4.47. The van der Waals surface area contributed by atoms with Crippen molar-refractivity contribution in [3.63, 3.8) is 0 Å². The number of likely N-dealkylation sites (N-methyl/N-ethyl adjacent to an activating group) is 4. The number of carbonyl (C=O) groups excluding carboxylic acids is 4. The molecule has 4 N–H and O–H groups in total. The van der Waals surface area contributed by atoms with Crippen LogP contribution >= 0.6 is 0 Å². The molecule has 0 aromatic heterocycles. The molecule has 0 atom stereocenters. The van der Waals surface area contributed by atoms with Crippen molar-refractivity contribution in [2.45, 2.75) is 25.7 Å². The third-order valence-electron chi connectivity index (χ3n) is 7.32. The Bertz CT molecular complexity index is 1320. The van der Waals surface area contributed by atoms with Gasteiger partial charge in [0.05, 0.1) is 0 Å². The van der Waals surface area contributed by atoms with E-state index >= 15 is 0 Å². The fraction of sp³-hybridized carbons (Fsp3) is 0.556. The van der Waals surface area contributed by atoms with Crippen molar-refractivity contribution in [3.05, 3.63) is 47.5 Å². The van der Waals surface area contributed by atoms with Crippen LogP contribution in [0.5, 0.6) is 23.0 Å². The molecule has 0 fully saturated rings. The van der Waals surface area contributed by atoms with Crippen molar-refractivity contribution < 1.29 is 38.1 Å². The van der Waals surface area contributed by atoms with Crippen LogP contribution in [0, 0.1) is 0 Å². The van der Waals surface area contributed by atoms with Gasteiger partial charge in [0.25, 0.3) is 0 Å². The number of ether oxygens (including phenoxy) is 4. The molecular formula is C36H58N8O8. The van der Waals surface area contributed by atoms with E-state index in [1.807, 2.05) is 88.1 Å². The Labute approximate surface area is 308 Å². The molecule has 0 saturated carbocycles. The van der Waals surface area contributed by atoms with Crippen LogP contribution in [0.25, 0.3) is 0 Å². The zero-order chi connectivity index (χ0) is 38.5. The topological polar surface area (TPSA) is 166 Å². The first-order valence-corrected chi connectivity index (χ1v) is 17.4. The Balaban J connectivity index is 2.09. The van der Waals surface area contributed by atoms with E-state index < -0.39 is 24.4 Å². The Morgan fingerprint density at radius 1 is 0.442 bits per heavy atom. The minimum absolute atomic E-state index is 0.126. The van der Waals surface area contributed by atoms with Gasteiger partial charge in [-0.15, -0.1) is 0 Å². The van der Waals surface area contributed by atoms with Crippen molar-refractivity contribution in [2.75, 3.05) is 109 Å². The molecule has 2 rings (SSSR count). The monoisotopic (exact) mass is 730 g/mol. The van der Waals surface area contributed by atoms with Crippen LogP contribution in [-0.2, 0) is 12.8 Å². The minimum atomic E-state index is -0.653. The van der Waals surface area contributed by atoms with Crippen molar-refractivity contribution in [1.29, 1.82) is 0 Å². The predicted octanol–water partition coefficient (Wildman–Crippen LogP) is 2.85. The average Bonchev–Trinajstić information content (AvgIpc) is 3.04. The number of nitrogens with zero attached hydrogens (tertiary/aromatic N) is 4. The van der Waals surface area contributed by atoms with Gasteiger partial charge in [0.1, 0.15) is 0 Å². The second-order valence-corrected chi connectivity index (χ2v) is 13.2. The van der Waals surface area contributed by atoms with Gasteiger partial charge in [-0.05, 0) is 117 Å². The van der Waals surface area contributed by atoms with E-state index in [0.717, 1.165) is 24.0 Å². The summed E-state index contributed by atoms with van der Waals surface area (Å²) < 4.78 is 22.1. The maximum absolute atomic E-state index is 12.6. The summed E-state index contributed by atoms with van der Waals surface area (Å²) in [5, 5.41) is 10.8. The summed E-state index contributed by atoms with van der Waals surface area (Å²) in [6.45, 7) is 4.10. The highest BCUT2D eigenvalue weighted by Crippen LogP contribution is 2.31. The minimum Gasteiger partial charge on any atom is -0.406 e. The van der Waals surface area contributed by atoms with Gasteiger partial charge in [0.2, 0.25) is 0 Å². The SMILES string of the molecule is CN(C)CCNC(=O)Oc1ccc(CCCCc2ccc(OC(=O)NCCN(C)C)c(OC(=O)NCCN(C)C)c2)cc1OC(=O)NCCN(C)C. The van der Waals surface area contributed by atoms with E-state index in [1.54, 1.807) is 24.3 Å². The molecule has 52 heavy (non-hydrogen) atoms. The first-order valence-electron chi connectivity index (χ1n) is 17.4. The molecule has 0 spiro atoms. The standard InChI is InChI=1S/C36H58N8O8/c1-41(2)21-17-37-33(45)49-29-15-13-27(25-31(29)51-35(47)39-19-23-43(5)6)11-9-10-12-28-14-16-30(50-34(46)38-18-22-42(3)4)32(26-28)52-36(48)40-20-24-44(7)8/h13-16,25-26H,9-12,17-24H2,1-8H3,(H,37,45)(H,38,46)(H,39,47)(H,40,48). The van der Waals surface area contributed by atoms with Gasteiger partial charge >= 0.3 is 24.4 Å². The summed E-state index contributed by atoms with van der Waals surface area (Å²) in [6, 6.07) is 10.3. The van der Waals surface area contributed by atoms with Gasteiger partial charge in [-0.2, -0.15) is 0 Å². The fourth-order valence-electron chi connectivity index (χ4n) is 4.47. The zero-order valence-corrected chi connectivity index (χ0v) is 32.0. The lowest BCUT2D eigenvalue weighted by molar-refractivity contribution is 0.188. The molecule has 0 heterocycles. The summed E-state index contributed by atoms with van der Waals surface area (Å²) in [7, 11) is 15.2. The Morgan fingerprint density at radius 3 is 0.981 bits per heavy atom.